The molecule has 0 spiro atoms. The first-order valence-electron chi connectivity index (χ1n) is 5.72. The molecule has 98 valence electrons. The summed E-state index contributed by atoms with van der Waals surface area (Å²) in [6.07, 6.45) is 0. The molecule has 0 saturated carbocycles. The average Bonchev–Trinajstić information content (AvgIpc) is 2.63. The van der Waals surface area contributed by atoms with Crippen molar-refractivity contribution in [1.82, 2.24) is 4.98 Å². The first kappa shape index (κ1) is 12.9. The molecule has 5 heteroatoms. The highest BCUT2D eigenvalue weighted by molar-refractivity contribution is 6.21. The van der Waals surface area contributed by atoms with Crippen molar-refractivity contribution in [2.75, 3.05) is 5.32 Å². The maximum absolute atomic E-state index is 11.2. The van der Waals surface area contributed by atoms with Crippen molar-refractivity contribution >= 4 is 34.2 Å². The zero-order valence-electron chi connectivity index (χ0n) is 10.7. The van der Waals surface area contributed by atoms with Crippen molar-refractivity contribution < 1.29 is 14.7 Å². The van der Waals surface area contributed by atoms with Gasteiger partial charge in [0.15, 0.2) is 0 Å². The molecule has 1 heterocycles. The molecule has 0 aliphatic heterocycles. The van der Waals surface area contributed by atoms with Gasteiger partial charge in [0.2, 0.25) is 5.91 Å². The third kappa shape index (κ3) is 2.35. The fourth-order valence-corrected chi connectivity index (χ4v) is 2.00. The molecule has 3 N–H and O–H groups in total. The van der Waals surface area contributed by atoms with Crippen LogP contribution in [0, 0.1) is 6.92 Å². The predicted octanol–water partition coefficient (Wildman–Crippen LogP) is 2.53. The first-order chi connectivity index (χ1) is 8.90. The van der Waals surface area contributed by atoms with Gasteiger partial charge in [-0.25, -0.2) is 4.79 Å². The molecule has 1 amide bonds. The summed E-state index contributed by atoms with van der Waals surface area (Å²) in [5.41, 5.74) is 2.16. The summed E-state index contributed by atoms with van der Waals surface area (Å²) in [6, 6.07) is 5.58. The van der Waals surface area contributed by atoms with Gasteiger partial charge in [0, 0.05) is 23.4 Å². The Morgan fingerprint density at radius 2 is 2.05 bits per heavy atom. The Hall–Kier alpha value is -2.56. The van der Waals surface area contributed by atoms with Crippen LogP contribution >= 0.6 is 0 Å². The number of hydrogen-bond donors (Lipinski definition) is 3. The van der Waals surface area contributed by atoms with Gasteiger partial charge in [0.05, 0.1) is 5.57 Å². The smallest absolute Gasteiger partial charge is 0.335 e. The first-order valence-corrected chi connectivity index (χ1v) is 5.72. The van der Waals surface area contributed by atoms with E-state index in [1.165, 1.54) is 6.92 Å². The summed E-state index contributed by atoms with van der Waals surface area (Å²) < 4.78 is 0. The number of anilines is 1. The van der Waals surface area contributed by atoms with Crippen LogP contribution in [-0.2, 0) is 9.59 Å². The van der Waals surface area contributed by atoms with E-state index in [1.54, 1.807) is 0 Å². The van der Waals surface area contributed by atoms with E-state index in [0.29, 0.717) is 11.4 Å². The molecule has 1 aromatic carbocycles. The molecule has 1 aromatic heterocycles. The summed E-state index contributed by atoms with van der Waals surface area (Å²) in [5, 5.41) is 12.4. The zero-order valence-corrected chi connectivity index (χ0v) is 10.7. The number of aromatic nitrogens is 1. The molecule has 19 heavy (non-hydrogen) atoms. The maximum atomic E-state index is 11.2. The summed E-state index contributed by atoms with van der Waals surface area (Å²) in [6.45, 7) is 6.87. The number of amides is 1. The Morgan fingerprint density at radius 3 is 2.63 bits per heavy atom. The van der Waals surface area contributed by atoms with Crippen molar-refractivity contribution in [3.05, 3.63) is 35.9 Å². The number of hydrogen-bond acceptors (Lipinski definition) is 2. The Balaban J connectivity index is 2.71. The molecule has 0 bridgehead atoms. The van der Waals surface area contributed by atoms with Gasteiger partial charge in [-0.1, -0.05) is 18.7 Å². The quantitative estimate of drug-likeness (QED) is 0.740. The third-order valence-corrected chi connectivity index (χ3v) is 2.82. The topological polar surface area (TPSA) is 82.2 Å². The largest absolute Gasteiger partial charge is 0.478 e. The number of H-pyrrole nitrogens is 1. The van der Waals surface area contributed by atoms with Gasteiger partial charge in [0.1, 0.15) is 5.82 Å². The van der Waals surface area contributed by atoms with E-state index in [4.69, 9.17) is 5.11 Å². The fraction of sp³-hybridized carbons (Fsp3) is 0.143. The summed E-state index contributed by atoms with van der Waals surface area (Å²) in [4.78, 5) is 25.3. The lowest BCUT2D eigenvalue weighted by Gasteiger charge is -2.04. The lowest BCUT2D eigenvalue weighted by atomic mass is 10.0. The van der Waals surface area contributed by atoms with Crippen LogP contribution in [0.5, 0.6) is 0 Å². The SMILES string of the molecule is C=C(C(=O)O)c1c(NC(C)=O)[nH]c2cc(C)ccc12. The number of nitrogens with one attached hydrogen (secondary N) is 2. The molecule has 5 nitrogen and oxygen atoms in total. The molecule has 2 aromatic rings. The average molecular weight is 258 g/mol. The van der Waals surface area contributed by atoms with Crippen LogP contribution in [0.4, 0.5) is 5.82 Å². The van der Waals surface area contributed by atoms with E-state index < -0.39 is 5.97 Å². The standard InChI is InChI=1S/C14H14N2O3/c1-7-4-5-10-11(6-7)16-13(15-9(3)17)12(10)8(2)14(18)19/h4-6,16H,2H2,1,3H3,(H,15,17)(H,18,19). The number of aliphatic carboxylic acids is 1. The molecule has 0 atom stereocenters. The van der Waals surface area contributed by atoms with E-state index in [0.717, 1.165) is 16.5 Å². The van der Waals surface area contributed by atoms with Crippen LogP contribution < -0.4 is 5.32 Å². The number of aryl methyl sites for hydroxylation is 1. The minimum absolute atomic E-state index is 0.0566. The van der Waals surface area contributed by atoms with Crippen molar-refractivity contribution in [3.63, 3.8) is 0 Å². The van der Waals surface area contributed by atoms with E-state index >= 15 is 0 Å². The number of carboxylic acids is 1. The van der Waals surface area contributed by atoms with Gasteiger partial charge in [-0.05, 0) is 18.6 Å². The molecular formula is C14H14N2O3. The van der Waals surface area contributed by atoms with Crippen LogP contribution in [0.3, 0.4) is 0 Å². The monoisotopic (exact) mass is 258 g/mol. The Labute approximate surface area is 109 Å². The number of carbonyl (C=O) groups is 2. The van der Waals surface area contributed by atoms with E-state index in [1.807, 2.05) is 25.1 Å². The molecule has 0 saturated heterocycles. The molecule has 0 aliphatic carbocycles. The highest BCUT2D eigenvalue weighted by Crippen LogP contribution is 2.32. The minimum Gasteiger partial charge on any atom is -0.478 e. The van der Waals surface area contributed by atoms with Crippen molar-refractivity contribution in [2.45, 2.75) is 13.8 Å². The molecule has 0 unspecified atom stereocenters. The molecule has 0 aliphatic rings. The fourth-order valence-electron chi connectivity index (χ4n) is 2.00. The second-order valence-corrected chi connectivity index (χ2v) is 4.39. The predicted molar refractivity (Wildman–Crippen MR) is 74.0 cm³/mol. The highest BCUT2D eigenvalue weighted by atomic mass is 16.4. The van der Waals surface area contributed by atoms with Crippen molar-refractivity contribution in [1.29, 1.82) is 0 Å². The number of carboxylic acid groups (broad SMARTS) is 1. The highest BCUT2D eigenvalue weighted by Gasteiger charge is 2.19. The van der Waals surface area contributed by atoms with Gasteiger partial charge < -0.3 is 15.4 Å². The lowest BCUT2D eigenvalue weighted by molar-refractivity contribution is -0.130. The molecular weight excluding hydrogens is 244 g/mol. The van der Waals surface area contributed by atoms with E-state index in [-0.39, 0.29) is 11.5 Å². The van der Waals surface area contributed by atoms with Gasteiger partial charge in [-0.15, -0.1) is 0 Å². The van der Waals surface area contributed by atoms with Crippen molar-refractivity contribution in [3.8, 4) is 0 Å². The third-order valence-electron chi connectivity index (χ3n) is 2.82. The lowest BCUT2D eigenvalue weighted by Crippen LogP contribution is -2.09. The van der Waals surface area contributed by atoms with Crippen LogP contribution in [0.2, 0.25) is 0 Å². The maximum Gasteiger partial charge on any atom is 0.335 e. The molecule has 2 rings (SSSR count). The number of benzene rings is 1. The van der Waals surface area contributed by atoms with Gasteiger partial charge in [-0.2, -0.15) is 0 Å². The number of rotatable bonds is 3. The molecule has 0 fully saturated rings. The van der Waals surface area contributed by atoms with Crippen LogP contribution in [-0.4, -0.2) is 22.0 Å². The van der Waals surface area contributed by atoms with Gasteiger partial charge in [0.25, 0.3) is 0 Å². The second-order valence-electron chi connectivity index (χ2n) is 4.39. The number of aromatic amines is 1. The van der Waals surface area contributed by atoms with Gasteiger partial charge >= 0.3 is 5.97 Å². The van der Waals surface area contributed by atoms with Gasteiger partial charge in [-0.3, -0.25) is 4.79 Å². The Bertz CT molecular complexity index is 698. The normalized spacial score (nSPS) is 10.4. The van der Waals surface area contributed by atoms with Crippen molar-refractivity contribution in [2.24, 2.45) is 0 Å². The summed E-state index contributed by atoms with van der Waals surface area (Å²) in [7, 11) is 0. The van der Waals surface area contributed by atoms with Crippen LogP contribution in [0.1, 0.15) is 18.1 Å². The Morgan fingerprint density at radius 1 is 1.37 bits per heavy atom. The Kier molecular flexibility index (Phi) is 3.12. The zero-order chi connectivity index (χ0) is 14.2. The van der Waals surface area contributed by atoms with E-state index in [9.17, 15) is 9.59 Å². The number of carbonyl (C=O) groups excluding carboxylic acids is 1. The minimum atomic E-state index is -1.12. The summed E-state index contributed by atoms with van der Waals surface area (Å²) >= 11 is 0. The van der Waals surface area contributed by atoms with E-state index in [2.05, 4.69) is 16.9 Å². The molecule has 0 radical (unpaired) electrons. The number of fused-ring (bicyclic) bond motifs is 1. The summed E-state index contributed by atoms with van der Waals surface area (Å²) in [5.74, 6) is -1.03. The van der Waals surface area contributed by atoms with Crippen LogP contribution in [0.25, 0.3) is 16.5 Å². The van der Waals surface area contributed by atoms with Crippen LogP contribution in [0.15, 0.2) is 24.8 Å². The second kappa shape index (κ2) is 4.61.